The third-order valence-electron chi connectivity index (χ3n) is 8.66. The Hall–Kier alpha value is -1.36. The van der Waals surface area contributed by atoms with Crippen molar-refractivity contribution in [2.24, 2.45) is 0 Å². The first-order chi connectivity index (χ1) is 21.8. The van der Waals surface area contributed by atoms with E-state index in [9.17, 15) is 0 Å². The summed E-state index contributed by atoms with van der Waals surface area (Å²) in [6, 6.07) is 24.7. The fourth-order valence-electron chi connectivity index (χ4n) is 6.04. The molecule has 232 valence electrons. The Morgan fingerprint density at radius 3 is 2.22 bits per heavy atom. The van der Waals surface area contributed by atoms with Crippen molar-refractivity contribution in [3.8, 4) is 0 Å². The van der Waals surface area contributed by atoms with Gasteiger partial charge in [-0.25, -0.2) is 0 Å². The van der Waals surface area contributed by atoms with E-state index in [1.54, 1.807) is 0 Å². The molecule has 2 aliphatic rings. The van der Waals surface area contributed by atoms with Crippen molar-refractivity contribution >= 4 is 92.6 Å². The van der Waals surface area contributed by atoms with Crippen molar-refractivity contribution in [3.63, 3.8) is 0 Å². The van der Waals surface area contributed by atoms with Crippen LogP contribution in [0.1, 0.15) is 88.6 Å². The van der Waals surface area contributed by atoms with E-state index in [-0.39, 0.29) is 10.8 Å². The number of hydrogen-bond acceptors (Lipinski definition) is 2. The van der Waals surface area contributed by atoms with Crippen molar-refractivity contribution in [2.75, 3.05) is 0 Å². The zero-order chi connectivity index (χ0) is 33.1. The van der Waals surface area contributed by atoms with Crippen molar-refractivity contribution in [2.45, 2.75) is 85.4 Å². The molecule has 0 fully saturated rings. The first kappa shape index (κ1) is 35.9. The molecule has 0 atom stereocenters. The van der Waals surface area contributed by atoms with Crippen LogP contribution in [0.3, 0.4) is 0 Å². The Balaban J connectivity index is 1.73. The molecule has 0 spiro atoms. The minimum absolute atomic E-state index is 0.0555. The Bertz CT molecular complexity index is 1770. The van der Waals surface area contributed by atoms with Gasteiger partial charge in [-0.1, -0.05) is 0 Å². The number of fused-ring (bicyclic) bond motifs is 1. The molecule has 5 rings (SSSR count). The predicted molar refractivity (Wildman–Crippen MR) is 208 cm³/mol. The molecule has 1 aliphatic heterocycles. The van der Waals surface area contributed by atoms with Gasteiger partial charge in [-0.05, 0) is 0 Å². The Labute approximate surface area is 319 Å². The van der Waals surface area contributed by atoms with Gasteiger partial charge in [0.2, 0.25) is 0 Å². The molecule has 6 radical (unpaired) electrons. The number of benzene rings is 3. The molecular formula is C42H44Pb2S2. The SMILES string of the molecule is CC(C)(C)c1cc(C2=C(/C=C/C(=C/[CH2][Pb])c3ccccc3S)CCC/C2=C\C=C2/C=[C]([Pb])Sc3ccccc32)cc(C(C)(C)C)c1. The Morgan fingerprint density at radius 2 is 1.54 bits per heavy atom. The van der Waals surface area contributed by atoms with Crippen molar-refractivity contribution in [1.29, 1.82) is 0 Å². The van der Waals surface area contributed by atoms with Crippen LogP contribution in [0.2, 0.25) is 3.98 Å². The van der Waals surface area contributed by atoms with Crippen LogP contribution < -0.4 is 0 Å². The molecule has 3 aromatic carbocycles. The molecule has 4 heteroatoms. The van der Waals surface area contributed by atoms with Crippen molar-refractivity contribution in [3.05, 3.63) is 145 Å². The molecule has 0 N–H and O–H groups in total. The summed E-state index contributed by atoms with van der Waals surface area (Å²) in [6.45, 7) is 14.0. The van der Waals surface area contributed by atoms with Gasteiger partial charge in [-0.3, -0.25) is 0 Å². The van der Waals surface area contributed by atoms with Crippen LogP contribution >= 0.6 is 24.4 Å². The van der Waals surface area contributed by atoms with E-state index in [1.165, 1.54) is 63.0 Å². The van der Waals surface area contributed by atoms with E-state index in [0.717, 1.165) is 79.7 Å². The van der Waals surface area contributed by atoms with Gasteiger partial charge in [0.05, 0.1) is 0 Å². The minimum atomic E-state index is 0.0555. The third-order valence-corrected chi connectivity index (χ3v) is 12.5. The summed E-state index contributed by atoms with van der Waals surface area (Å²) in [5.41, 5.74) is 13.7. The van der Waals surface area contributed by atoms with Gasteiger partial charge >= 0.3 is 323 Å². The molecule has 0 unspecified atom stereocenters. The van der Waals surface area contributed by atoms with Crippen LogP contribution in [0.5, 0.6) is 0 Å². The molecule has 0 aromatic heterocycles. The molecule has 0 bridgehead atoms. The maximum atomic E-state index is 4.83. The second-order valence-corrected chi connectivity index (χ2v) is 20.8. The second-order valence-electron chi connectivity index (χ2n) is 14.2. The van der Waals surface area contributed by atoms with Crippen LogP contribution in [-0.2, 0) is 10.8 Å². The summed E-state index contributed by atoms with van der Waals surface area (Å²) in [7, 11) is 0. The molecule has 3 aromatic rings. The van der Waals surface area contributed by atoms with Gasteiger partial charge in [0.1, 0.15) is 0 Å². The van der Waals surface area contributed by atoms with E-state index in [1.807, 2.05) is 11.8 Å². The number of rotatable bonds is 6. The van der Waals surface area contributed by atoms with E-state index < -0.39 is 0 Å². The number of thiol groups is 1. The summed E-state index contributed by atoms with van der Waals surface area (Å²) < 4.78 is 2.59. The van der Waals surface area contributed by atoms with Crippen LogP contribution in [0.4, 0.5) is 0 Å². The van der Waals surface area contributed by atoms with Gasteiger partial charge in [0.15, 0.2) is 0 Å². The monoisotopic (exact) mass is 1030 g/mol. The van der Waals surface area contributed by atoms with E-state index >= 15 is 0 Å². The summed E-state index contributed by atoms with van der Waals surface area (Å²) in [6.07, 6.45) is 17.7. The van der Waals surface area contributed by atoms with Gasteiger partial charge in [-0.2, -0.15) is 0 Å². The molecule has 0 saturated heterocycles. The van der Waals surface area contributed by atoms with Gasteiger partial charge in [0.25, 0.3) is 0 Å². The number of allylic oxidation sites excluding steroid dienone is 11. The molecule has 0 nitrogen and oxygen atoms in total. The molecular weight excluding hydrogens is 983 g/mol. The first-order valence-electron chi connectivity index (χ1n) is 16.2. The molecule has 46 heavy (non-hydrogen) atoms. The average molecular weight is 1030 g/mol. The summed E-state index contributed by atoms with van der Waals surface area (Å²) in [5, 5.41) is 0. The summed E-state index contributed by atoms with van der Waals surface area (Å²) in [4.78, 5) is 2.40. The summed E-state index contributed by atoms with van der Waals surface area (Å²) >= 11 is 8.95. The normalized spacial score (nSPS) is 18.0. The third kappa shape index (κ3) is 8.81. The van der Waals surface area contributed by atoms with Crippen molar-refractivity contribution < 1.29 is 0 Å². The fraction of sp³-hybridized carbons (Fsp3) is 0.286. The molecule has 1 aliphatic carbocycles. The van der Waals surface area contributed by atoms with Gasteiger partial charge < -0.3 is 0 Å². The van der Waals surface area contributed by atoms with Crippen LogP contribution in [0, 0.1) is 0 Å². The second kappa shape index (κ2) is 15.5. The quantitative estimate of drug-likeness (QED) is 0.146. The van der Waals surface area contributed by atoms with Crippen LogP contribution in [0.15, 0.2) is 127 Å². The van der Waals surface area contributed by atoms with E-state index in [0.29, 0.717) is 0 Å². The Kier molecular flexibility index (Phi) is 12.1. The number of hydrogen-bond donors (Lipinski definition) is 1. The number of thioether (sulfide) groups is 1. The molecule has 0 amide bonds. The maximum absolute atomic E-state index is 4.83. The molecule has 0 saturated carbocycles. The Morgan fingerprint density at radius 1 is 0.870 bits per heavy atom. The van der Waals surface area contributed by atoms with Crippen LogP contribution in [0.25, 0.3) is 16.7 Å². The topological polar surface area (TPSA) is 0 Å². The molecule has 1 heterocycles. The van der Waals surface area contributed by atoms with E-state index in [4.69, 9.17) is 12.6 Å². The first-order valence-corrected chi connectivity index (χ1v) is 22.1. The van der Waals surface area contributed by atoms with E-state index in [2.05, 4.69) is 145 Å². The zero-order valence-corrected chi connectivity index (χ0v) is 37.5. The standard InChI is InChI=1S/C42H44S2.2Pb/c1-8-29(36-16-9-11-18-38(36)43)20-22-31-14-13-15-32(23-21-30-24-25-44-39-19-12-10-17-37(30)39)40(31)33-26-34(41(2,3)4)28-35(27-33)42(5,6)7;;/h8-12,16-24,26-28,43H,1,13-15H2,2-7H3;;/b22-20+,29-8-,30-21+,32-23+;;. The summed E-state index contributed by atoms with van der Waals surface area (Å²) in [5.74, 6) is 0. The zero-order valence-electron chi connectivity index (χ0n) is 28.0. The van der Waals surface area contributed by atoms with Crippen LogP contribution in [-0.4, -0.2) is 51.5 Å². The van der Waals surface area contributed by atoms with Crippen molar-refractivity contribution in [1.82, 2.24) is 0 Å². The fourth-order valence-corrected chi connectivity index (χ4v) is 9.94. The van der Waals surface area contributed by atoms with Gasteiger partial charge in [-0.15, -0.1) is 0 Å². The predicted octanol–water partition coefficient (Wildman–Crippen LogP) is 11.9. The van der Waals surface area contributed by atoms with Gasteiger partial charge in [0, 0.05) is 0 Å². The average Bonchev–Trinajstić information content (AvgIpc) is 3.01.